The van der Waals surface area contributed by atoms with Crippen LogP contribution in [0.4, 0.5) is 0 Å². The highest BCUT2D eigenvalue weighted by Gasteiger charge is 2.32. The first-order valence-electron chi connectivity index (χ1n) is 7.15. The molecule has 3 N–H and O–H groups in total. The Hall–Kier alpha value is -2.89. The highest BCUT2D eigenvalue weighted by molar-refractivity contribution is 5.90. The molecule has 1 aliphatic heterocycles. The van der Waals surface area contributed by atoms with Gasteiger partial charge in [0.05, 0.1) is 5.56 Å². The summed E-state index contributed by atoms with van der Waals surface area (Å²) in [5.74, 6) is -0.428. The van der Waals surface area contributed by atoms with Gasteiger partial charge < -0.3 is 24.8 Å². The summed E-state index contributed by atoms with van der Waals surface area (Å²) in [7, 11) is 0. The van der Waals surface area contributed by atoms with Gasteiger partial charge in [-0.1, -0.05) is 6.07 Å². The van der Waals surface area contributed by atoms with Gasteiger partial charge in [0.25, 0.3) is 0 Å². The van der Waals surface area contributed by atoms with Crippen molar-refractivity contribution in [2.45, 2.75) is 25.6 Å². The Bertz CT molecular complexity index is 755. The molecule has 0 bridgehead atoms. The van der Waals surface area contributed by atoms with Gasteiger partial charge in [-0.25, -0.2) is 4.79 Å². The number of phenols is 3. The van der Waals surface area contributed by atoms with Gasteiger partial charge in [0.1, 0.15) is 35.2 Å². The molecule has 2 unspecified atom stereocenters. The molecular formula is C17H16O6. The van der Waals surface area contributed by atoms with Crippen LogP contribution in [0.2, 0.25) is 0 Å². The number of rotatable bonds is 2. The van der Waals surface area contributed by atoms with E-state index in [4.69, 9.17) is 9.47 Å². The van der Waals surface area contributed by atoms with Crippen molar-refractivity contribution in [3.05, 3.63) is 47.5 Å². The second kappa shape index (κ2) is 5.72. The minimum absolute atomic E-state index is 0.0224. The van der Waals surface area contributed by atoms with Gasteiger partial charge in [-0.3, -0.25) is 0 Å². The van der Waals surface area contributed by atoms with E-state index in [-0.39, 0.29) is 29.2 Å². The van der Waals surface area contributed by atoms with Crippen molar-refractivity contribution in [2.75, 3.05) is 0 Å². The summed E-state index contributed by atoms with van der Waals surface area (Å²) in [5, 5.41) is 28.8. The maximum absolute atomic E-state index is 12.2. The Morgan fingerprint density at radius 3 is 2.70 bits per heavy atom. The minimum Gasteiger partial charge on any atom is -0.508 e. The first kappa shape index (κ1) is 15.0. The molecule has 0 aromatic heterocycles. The molecule has 0 fully saturated rings. The van der Waals surface area contributed by atoms with Gasteiger partial charge in [-0.2, -0.15) is 0 Å². The van der Waals surface area contributed by atoms with Crippen LogP contribution in [0.15, 0.2) is 36.4 Å². The predicted molar refractivity (Wildman–Crippen MR) is 80.9 cm³/mol. The molecule has 2 aromatic rings. The number of esters is 1. The van der Waals surface area contributed by atoms with Gasteiger partial charge in [-0.15, -0.1) is 0 Å². The smallest absolute Gasteiger partial charge is 0.338 e. The van der Waals surface area contributed by atoms with Gasteiger partial charge in [0.2, 0.25) is 0 Å². The van der Waals surface area contributed by atoms with Crippen LogP contribution >= 0.6 is 0 Å². The molecule has 120 valence electrons. The molecule has 1 heterocycles. The molecule has 0 spiro atoms. The van der Waals surface area contributed by atoms with Crippen molar-refractivity contribution in [1.29, 1.82) is 0 Å². The van der Waals surface area contributed by atoms with E-state index in [0.29, 0.717) is 11.3 Å². The Balaban J connectivity index is 1.80. The number of hydrogen-bond acceptors (Lipinski definition) is 6. The summed E-state index contributed by atoms with van der Waals surface area (Å²) in [6, 6.07) is 8.51. The first-order chi connectivity index (χ1) is 10.9. The number of hydrogen-bond donors (Lipinski definition) is 3. The zero-order valence-corrected chi connectivity index (χ0v) is 12.4. The van der Waals surface area contributed by atoms with Gasteiger partial charge in [0, 0.05) is 24.1 Å². The van der Waals surface area contributed by atoms with Crippen LogP contribution < -0.4 is 4.74 Å². The molecule has 0 saturated carbocycles. The van der Waals surface area contributed by atoms with Crippen LogP contribution in [-0.4, -0.2) is 33.5 Å². The van der Waals surface area contributed by atoms with Crippen LogP contribution in [0, 0.1) is 0 Å². The van der Waals surface area contributed by atoms with Crippen molar-refractivity contribution < 1.29 is 29.6 Å². The molecule has 3 rings (SSSR count). The molecule has 0 saturated heterocycles. The molecular weight excluding hydrogens is 300 g/mol. The maximum Gasteiger partial charge on any atom is 0.338 e. The van der Waals surface area contributed by atoms with Gasteiger partial charge in [0.15, 0.2) is 0 Å². The Morgan fingerprint density at radius 1 is 1.17 bits per heavy atom. The van der Waals surface area contributed by atoms with Crippen LogP contribution in [0.25, 0.3) is 0 Å². The Labute approximate surface area is 132 Å². The lowest BCUT2D eigenvalue weighted by atomic mass is 9.98. The molecule has 0 amide bonds. The highest BCUT2D eigenvalue weighted by atomic mass is 16.6. The van der Waals surface area contributed by atoms with Crippen molar-refractivity contribution in [3.63, 3.8) is 0 Å². The van der Waals surface area contributed by atoms with Crippen LogP contribution in [0.5, 0.6) is 23.0 Å². The largest absolute Gasteiger partial charge is 0.508 e. The first-order valence-corrected chi connectivity index (χ1v) is 7.15. The van der Waals surface area contributed by atoms with Crippen molar-refractivity contribution in [2.24, 2.45) is 0 Å². The SMILES string of the molecule is CC1Oc2cc(O)cc(O)c2CC1OC(=O)c1cccc(O)c1. The lowest BCUT2D eigenvalue weighted by molar-refractivity contribution is -0.0121. The third-order valence-corrected chi connectivity index (χ3v) is 3.75. The topological polar surface area (TPSA) is 96.2 Å². The van der Waals surface area contributed by atoms with Crippen LogP contribution in [-0.2, 0) is 11.2 Å². The van der Waals surface area contributed by atoms with Gasteiger partial charge in [-0.05, 0) is 25.1 Å². The number of carbonyl (C=O) groups is 1. The second-order valence-corrected chi connectivity index (χ2v) is 5.46. The highest BCUT2D eigenvalue weighted by Crippen LogP contribution is 2.38. The molecule has 23 heavy (non-hydrogen) atoms. The van der Waals surface area contributed by atoms with E-state index in [9.17, 15) is 20.1 Å². The number of carbonyl (C=O) groups excluding carboxylic acids is 1. The van der Waals surface area contributed by atoms with E-state index in [1.807, 2.05) is 0 Å². The molecule has 1 aliphatic rings. The zero-order valence-electron chi connectivity index (χ0n) is 12.4. The quantitative estimate of drug-likeness (QED) is 0.736. The second-order valence-electron chi connectivity index (χ2n) is 5.46. The lowest BCUT2D eigenvalue weighted by Crippen LogP contribution is -2.38. The Kier molecular flexibility index (Phi) is 3.73. The molecule has 6 heteroatoms. The monoisotopic (exact) mass is 316 g/mol. The summed E-state index contributed by atoms with van der Waals surface area (Å²) < 4.78 is 11.1. The number of benzene rings is 2. The van der Waals surface area contributed by atoms with Crippen LogP contribution in [0.3, 0.4) is 0 Å². The molecule has 2 aromatic carbocycles. The van der Waals surface area contributed by atoms with E-state index < -0.39 is 18.2 Å². The molecule has 2 atom stereocenters. The third kappa shape index (κ3) is 3.01. The predicted octanol–water partition coefficient (Wildman–Crippen LogP) is 2.35. The van der Waals surface area contributed by atoms with E-state index in [1.165, 1.54) is 24.3 Å². The standard InChI is InChI=1S/C17H16O6/c1-9-15(23-17(21)10-3-2-4-11(18)5-10)8-13-14(20)6-12(19)7-16(13)22-9/h2-7,9,15,18-20H,8H2,1H3. The maximum atomic E-state index is 12.2. The zero-order chi connectivity index (χ0) is 16.6. The summed E-state index contributed by atoms with van der Waals surface area (Å²) in [4.78, 5) is 12.2. The molecule has 0 aliphatic carbocycles. The fourth-order valence-corrected chi connectivity index (χ4v) is 2.55. The summed E-state index contributed by atoms with van der Waals surface area (Å²) >= 11 is 0. The third-order valence-electron chi connectivity index (χ3n) is 3.75. The van der Waals surface area contributed by atoms with Crippen LogP contribution in [0.1, 0.15) is 22.8 Å². The minimum atomic E-state index is -0.590. The van der Waals surface area contributed by atoms with Crippen molar-refractivity contribution >= 4 is 5.97 Å². The molecule has 6 nitrogen and oxygen atoms in total. The average molecular weight is 316 g/mol. The lowest BCUT2D eigenvalue weighted by Gasteiger charge is -2.31. The van der Waals surface area contributed by atoms with E-state index in [0.717, 1.165) is 0 Å². The fraction of sp³-hybridized carbons (Fsp3) is 0.235. The number of aromatic hydroxyl groups is 3. The van der Waals surface area contributed by atoms with E-state index in [2.05, 4.69) is 0 Å². The summed E-state index contributed by atoms with van der Waals surface area (Å²) in [6.07, 6.45) is -0.759. The normalized spacial score (nSPS) is 19.5. The van der Waals surface area contributed by atoms with E-state index in [1.54, 1.807) is 19.1 Å². The summed E-state index contributed by atoms with van der Waals surface area (Å²) in [5.41, 5.74) is 0.715. The number of fused-ring (bicyclic) bond motifs is 1. The number of phenolic OH excluding ortho intramolecular Hbond substituents is 3. The Morgan fingerprint density at radius 2 is 1.96 bits per heavy atom. The van der Waals surface area contributed by atoms with Crippen molar-refractivity contribution in [3.8, 4) is 23.0 Å². The molecule has 0 radical (unpaired) electrons. The average Bonchev–Trinajstić information content (AvgIpc) is 2.48. The summed E-state index contributed by atoms with van der Waals surface area (Å²) in [6.45, 7) is 1.74. The number of ether oxygens (including phenoxy) is 2. The van der Waals surface area contributed by atoms with E-state index >= 15 is 0 Å². The van der Waals surface area contributed by atoms with Crippen molar-refractivity contribution in [1.82, 2.24) is 0 Å². The fourth-order valence-electron chi connectivity index (χ4n) is 2.55. The van der Waals surface area contributed by atoms with Gasteiger partial charge >= 0.3 is 5.97 Å².